The molecule has 4 N–H and O–H groups in total. The fourth-order valence-corrected chi connectivity index (χ4v) is 7.39. The summed E-state index contributed by atoms with van der Waals surface area (Å²) in [6.45, 7) is 54.4. The molecule has 0 saturated heterocycles. The predicted octanol–water partition coefficient (Wildman–Crippen LogP) is 7.75. The zero-order valence-electron chi connectivity index (χ0n) is 65.5. The normalized spacial score (nSPS) is 9.58. The van der Waals surface area contributed by atoms with Crippen LogP contribution in [0, 0.1) is 0 Å². The SMILES string of the molecule is C[PH+](C)C.C[PH+](C)C.C[PH+](C)C.C[PH+](C)C.C[PH+](C)C.C[PH+](C)C.C[PH+](C)C.C[PH+](C)C.[OH-].[OH-].[OH-].[OH-].[Ru+2].[Ru+2].[Ru+2].[Ru+2].c1cnn([BH-](n2cccn2)n2cccn2)c1.c1cnn([BH-](n2cccn2)n2cccn2)c1.c1cnn([BH-](n2cccn2)n2cccn2)c1.c1cnn([BH-](n2cccn2)n2cccn2)c1. The van der Waals surface area contributed by atoms with Crippen molar-refractivity contribution in [2.24, 2.45) is 0 Å². The van der Waals surface area contributed by atoms with E-state index in [1.165, 1.54) is 0 Å². The van der Waals surface area contributed by atoms with E-state index in [0.717, 1.165) is 0 Å². The van der Waals surface area contributed by atoms with E-state index in [0.29, 0.717) is 0 Å². The van der Waals surface area contributed by atoms with Gasteiger partial charge in [0.2, 0.25) is 0 Å². The van der Waals surface area contributed by atoms with E-state index in [2.05, 4.69) is 221 Å². The van der Waals surface area contributed by atoms with Crippen LogP contribution in [0.1, 0.15) is 0 Å². The molecule has 104 heavy (non-hydrogen) atoms. The van der Waals surface area contributed by atoms with Crippen molar-refractivity contribution >= 4 is 91.8 Å². The minimum absolute atomic E-state index is 0. The van der Waals surface area contributed by atoms with Crippen LogP contribution in [0.5, 0.6) is 0 Å². The Balaban J connectivity index is -0.000000169. The maximum absolute atomic E-state index is 4.26. The largest absolute Gasteiger partial charge is 2.00 e. The first-order valence-corrected chi connectivity index (χ1v) is 56.4. The molecule has 0 aliphatic rings. The van der Waals surface area contributed by atoms with Crippen molar-refractivity contribution in [3.63, 3.8) is 0 Å². The van der Waals surface area contributed by atoms with Gasteiger partial charge < -0.3 is 77.0 Å². The van der Waals surface area contributed by atoms with Crippen LogP contribution >= 0.6 is 63.4 Å². The summed E-state index contributed by atoms with van der Waals surface area (Å²) in [7, 11) is -3.54. The van der Waals surface area contributed by atoms with Crippen LogP contribution < -0.4 is 0 Å². The van der Waals surface area contributed by atoms with Gasteiger partial charge in [0.15, 0.2) is 0 Å². The minimum Gasteiger partial charge on any atom is -0.870 e. The summed E-state index contributed by atoms with van der Waals surface area (Å²) in [5.74, 6) is 0. The van der Waals surface area contributed by atoms with Gasteiger partial charge >= 0.3 is 106 Å². The van der Waals surface area contributed by atoms with Crippen LogP contribution in [-0.4, -0.2) is 327 Å². The molecular formula is C60H124B4N24O4P8Ru4+8. The van der Waals surface area contributed by atoms with Crippen molar-refractivity contribution in [1.29, 1.82) is 0 Å². The maximum Gasteiger partial charge on any atom is 2.00 e. The van der Waals surface area contributed by atoms with E-state index in [1.807, 2.05) is 202 Å². The van der Waals surface area contributed by atoms with Crippen molar-refractivity contribution in [2.75, 3.05) is 160 Å². The molecule has 584 valence electrons. The topological polar surface area (TPSA) is 334 Å². The van der Waals surface area contributed by atoms with Crippen molar-refractivity contribution in [1.82, 2.24) is 116 Å². The van der Waals surface area contributed by atoms with Gasteiger partial charge in [-0.2, -0.15) is 0 Å². The summed E-state index contributed by atoms with van der Waals surface area (Å²) in [6, 6.07) is 22.7. The molecule has 12 rings (SSSR count). The van der Waals surface area contributed by atoms with Crippen molar-refractivity contribution in [3.8, 4) is 0 Å². The van der Waals surface area contributed by atoms with Gasteiger partial charge in [-0.25, -0.2) is 61.2 Å². The molecule has 0 unspecified atom stereocenters. The predicted molar refractivity (Wildman–Crippen MR) is 457 cm³/mol. The van der Waals surface area contributed by atoms with Crippen molar-refractivity contribution in [2.45, 2.75) is 0 Å². The Kier molecular flexibility index (Phi) is 79.6. The molecule has 0 atom stereocenters. The third-order valence-electron chi connectivity index (χ3n) is 10.2. The quantitative estimate of drug-likeness (QED) is 0.0833. The summed E-state index contributed by atoms with van der Waals surface area (Å²) < 4.78 is 22.5. The third kappa shape index (κ3) is 56.8. The van der Waals surface area contributed by atoms with Crippen molar-refractivity contribution in [3.05, 3.63) is 222 Å². The standard InChI is InChI=1S/4C9H10BN6.8C3H9P.4H2O.4Ru/c4*1-4-11-14(7-1)10(15-8-2-5-12-15)16-9-3-6-13-16;8*1-4(2)3;;;;;;;;/h4*1-10H;8*1-3H3;4*1H2;;;;/q4*-1;;;;;;;;;;;;;4*+2/p+4. The zero-order chi connectivity index (χ0) is 71.8. The van der Waals surface area contributed by atoms with E-state index < -0.39 is 28.5 Å². The van der Waals surface area contributed by atoms with Crippen LogP contribution in [0.2, 0.25) is 0 Å². The molecular weight excluding hydrogens is 1820 g/mol. The van der Waals surface area contributed by atoms with Crippen LogP contribution in [0.4, 0.5) is 0 Å². The molecule has 12 aromatic rings. The molecule has 0 aromatic carbocycles. The zero-order valence-corrected chi connectivity index (χ0v) is 80.5. The van der Waals surface area contributed by atoms with E-state index in [9.17, 15) is 0 Å². The second kappa shape index (κ2) is 71.2. The van der Waals surface area contributed by atoms with Gasteiger partial charge in [-0.05, 0) is 211 Å². The molecule has 12 aromatic heterocycles. The Labute approximate surface area is 683 Å². The minimum atomic E-state index is -1.12. The van der Waals surface area contributed by atoms with Crippen LogP contribution in [-0.2, 0) is 77.9 Å². The molecule has 0 bridgehead atoms. The summed E-state index contributed by atoms with van der Waals surface area (Å²) in [6.07, 6.45) is 44.1. The monoisotopic (exact) mass is 1940 g/mol. The van der Waals surface area contributed by atoms with E-state index in [1.54, 1.807) is 74.4 Å². The number of rotatable bonds is 12. The summed E-state index contributed by atoms with van der Waals surface area (Å²) in [5.41, 5.74) is 0. The fourth-order valence-electron chi connectivity index (χ4n) is 7.39. The maximum atomic E-state index is 4.26. The molecule has 0 radical (unpaired) electrons. The summed E-state index contributed by atoms with van der Waals surface area (Å²) >= 11 is 0. The number of hydrogen-bond acceptors (Lipinski definition) is 16. The second-order valence-corrected chi connectivity index (χ2v) is 50.2. The first-order chi connectivity index (χ1) is 45.7. The van der Waals surface area contributed by atoms with Crippen molar-refractivity contribution < 1.29 is 99.8 Å². The molecule has 0 aliphatic heterocycles. The molecule has 12 heterocycles. The number of nitrogens with zero attached hydrogens (tertiary/aromatic N) is 24. The Morgan fingerprint density at radius 1 is 0.154 bits per heavy atom. The second-order valence-electron chi connectivity index (χ2n) is 26.2. The first kappa shape index (κ1) is 116. The summed E-state index contributed by atoms with van der Waals surface area (Å²) in [5, 5.41) is 51.1. The fraction of sp³-hybridized carbons (Fsp3) is 0.400. The Morgan fingerprint density at radius 2 is 0.212 bits per heavy atom. The molecule has 0 fully saturated rings. The third-order valence-corrected chi connectivity index (χ3v) is 10.2. The van der Waals surface area contributed by atoms with E-state index >= 15 is 0 Å². The Morgan fingerprint density at radius 3 is 0.250 bits per heavy atom. The average molecular weight is 1940 g/mol. The molecule has 28 nitrogen and oxygen atoms in total. The number of hydrogen-bond donors (Lipinski definition) is 0. The van der Waals surface area contributed by atoms with Crippen LogP contribution in [0.3, 0.4) is 0 Å². The molecule has 0 saturated carbocycles. The van der Waals surface area contributed by atoms with E-state index in [-0.39, 0.29) is 163 Å². The van der Waals surface area contributed by atoms with Gasteiger partial charge in [0.25, 0.3) is 0 Å². The van der Waals surface area contributed by atoms with Gasteiger partial charge in [0.05, 0.1) is 0 Å². The van der Waals surface area contributed by atoms with Crippen LogP contribution in [0.25, 0.3) is 0 Å². The molecule has 0 aliphatic carbocycles. The Hall–Kier alpha value is -3.45. The smallest absolute Gasteiger partial charge is 0.870 e. The van der Waals surface area contributed by atoms with E-state index in [4.69, 9.17) is 0 Å². The summed E-state index contributed by atoms with van der Waals surface area (Å²) in [4.78, 5) is 0. The molecule has 44 heteroatoms. The Bertz CT molecular complexity index is 2630. The van der Waals surface area contributed by atoms with Crippen LogP contribution in [0.15, 0.2) is 222 Å². The average Bonchev–Trinajstić information content (AvgIpc) is 1.70. The molecule has 0 amide bonds. The van der Waals surface area contributed by atoms with Gasteiger partial charge in [-0.3, -0.25) is 0 Å². The van der Waals surface area contributed by atoms with Gasteiger partial charge in [-0.15, -0.1) is 0 Å². The van der Waals surface area contributed by atoms with Gasteiger partial charge in [0, 0.05) is 234 Å². The number of aromatic nitrogens is 24. The first-order valence-electron chi connectivity index (χ1n) is 32.4. The molecule has 0 spiro atoms. The van der Waals surface area contributed by atoms with Gasteiger partial charge in [-0.1, -0.05) is 0 Å². The van der Waals surface area contributed by atoms with Gasteiger partial charge in [0.1, 0.15) is 0 Å².